The highest BCUT2D eigenvalue weighted by atomic mass is 32.1. The van der Waals surface area contributed by atoms with Crippen LogP contribution in [0.3, 0.4) is 0 Å². The minimum Gasteiger partial charge on any atom is -0.316 e. The van der Waals surface area contributed by atoms with Gasteiger partial charge in [-0.1, -0.05) is 12.2 Å². The van der Waals surface area contributed by atoms with E-state index in [2.05, 4.69) is 22.4 Å². The van der Waals surface area contributed by atoms with Crippen LogP contribution in [0.4, 0.5) is 5.00 Å². The minimum atomic E-state index is 1.24. The lowest BCUT2D eigenvalue weighted by Gasteiger charge is -2.10. The Morgan fingerprint density at radius 3 is 2.33 bits per heavy atom. The van der Waals surface area contributed by atoms with Gasteiger partial charge in [-0.05, 0) is 29.7 Å². The van der Waals surface area contributed by atoms with Gasteiger partial charge in [-0.3, -0.25) is 0 Å². The fourth-order valence-electron chi connectivity index (χ4n) is 1.03. The van der Waals surface area contributed by atoms with Crippen molar-refractivity contribution in [3.63, 3.8) is 0 Å². The quantitative estimate of drug-likeness (QED) is 0.633. The summed E-state index contributed by atoms with van der Waals surface area (Å²) in [5.74, 6) is 0. The molecular formula is C10H9NS. The molecule has 1 aromatic rings. The highest BCUT2D eigenvalue weighted by molar-refractivity contribution is 7.14. The van der Waals surface area contributed by atoms with Gasteiger partial charge in [-0.15, -0.1) is 11.3 Å². The molecule has 0 aliphatic carbocycles. The van der Waals surface area contributed by atoms with Crippen LogP contribution in [-0.4, -0.2) is 0 Å². The number of rotatable bonds is 1. The number of hydrogen-bond acceptors (Lipinski definition) is 2. The lowest BCUT2D eigenvalue weighted by molar-refractivity contribution is 1.33. The van der Waals surface area contributed by atoms with Gasteiger partial charge in [0.25, 0.3) is 0 Å². The lowest BCUT2D eigenvalue weighted by Crippen LogP contribution is -2.03. The third-order valence-corrected chi connectivity index (χ3v) is 2.47. The third-order valence-electron chi connectivity index (χ3n) is 1.59. The van der Waals surface area contributed by atoms with Crippen LogP contribution >= 0.6 is 11.3 Å². The predicted molar refractivity (Wildman–Crippen MR) is 54.2 cm³/mol. The van der Waals surface area contributed by atoms with E-state index < -0.39 is 0 Å². The van der Waals surface area contributed by atoms with E-state index in [1.165, 1.54) is 5.00 Å². The van der Waals surface area contributed by atoms with Crippen molar-refractivity contribution in [2.24, 2.45) is 0 Å². The molecule has 2 rings (SSSR count). The summed E-state index contributed by atoms with van der Waals surface area (Å²) in [5.41, 5.74) is 0. The van der Waals surface area contributed by atoms with Crippen molar-refractivity contribution in [2.45, 2.75) is 0 Å². The van der Waals surface area contributed by atoms with Gasteiger partial charge >= 0.3 is 0 Å². The Balaban J connectivity index is 2.25. The molecule has 0 unspecified atom stereocenters. The normalized spacial score (nSPS) is 15.2. The molecule has 0 N–H and O–H groups in total. The Morgan fingerprint density at radius 1 is 1.00 bits per heavy atom. The van der Waals surface area contributed by atoms with Crippen molar-refractivity contribution in [1.82, 2.24) is 0 Å². The Hall–Kier alpha value is -1.28. The zero-order valence-corrected chi connectivity index (χ0v) is 7.37. The minimum absolute atomic E-state index is 1.24. The Morgan fingerprint density at radius 2 is 1.75 bits per heavy atom. The molecule has 12 heavy (non-hydrogen) atoms. The molecule has 2 heteroatoms. The van der Waals surface area contributed by atoms with E-state index in [0.29, 0.717) is 0 Å². The second kappa shape index (κ2) is 3.41. The average molecular weight is 175 g/mol. The smallest absolute Gasteiger partial charge is 0.0989 e. The number of anilines is 1. The summed E-state index contributed by atoms with van der Waals surface area (Å²) in [7, 11) is 0. The molecule has 1 aromatic heterocycles. The maximum absolute atomic E-state index is 2.10. The van der Waals surface area contributed by atoms with Crippen LogP contribution in [0.1, 0.15) is 0 Å². The topological polar surface area (TPSA) is 3.24 Å². The van der Waals surface area contributed by atoms with E-state index in [1.807, 2.05) is 36.7 Å². The Labute approximate surface area is 75.9 Å². The van der Waals surface area contributed by atoms with E-state index in [9.17, 15) is 0 Å². The fourth-order valence-corrected chi connectivity index (χ4v) is 1.72. The summed E-state index contributed by atoms with van der Waals surface area (Å²) in [6, 6.07) is 4.16. The van der Waals surface area contributed by atoms with E-state index in [1.54, 1.807) is 11.3 Å². The molecule has 0 spiro atoms. The first-order valence-electron chi connectivity index (χ1n) is 3.80. The van der Waals surface area contributed by atoms with Gasteiger partial charge < -0.3 is 4.90 Å². The van der Waals surface area contributed by atoms with Crippen molar-refractivity contribution in [3.8, 4) is 0 Å². The van der Waals surface area contributed by atoms with Crippen LogP contribution in [0.25, 0.3) is 0 Å². The van der Waals surface area contributed by atoms with Crippen molar-refractivity contribution in [2.75, 3.05) is 4.90 Å². The number of allylic oxidation sites excluding steroid dienone is 4. The molecular weight excluding hydrogens is 166 g/mol. The van der Waals surface area contributed by atoms with Gasteiger partial charge in [0.1, 0.15) is 0 Å². The zero-order valence-electron chi connectivity index (χ0n) is 6.55. The maximum Gasteiger partial charge on any atom is 0.0989 e. The highest BCUT2D eigenvalue weighted by Crippen LogP contribution is 2.22. The number of thiophene rings is 1. The molecule has 2 heterocycles. The molecule has 0 aromatic carbocycles. The van der Waals surface area contributed by atoms with E-state index in [4.69, 9.17) is 0 Å². The molecule has 60 valence electrons. The first-order chi connectivity index (χ1) is 5.97. The van der Waals surface area contributed by atoms with Crippen LogP contribution in [-0.2, 0) is 0 Å². The number of hydrogen-bond donors (Lipinski definition) is 0. The summed E-state index contributed by atoms with van der Waals surface area (Å²) >= 11 is 1.73. The van der Waals surface area contributed by atoms with E-state index >= 15 is 0 Å². The fraction of sp³-hybridized carbons (Fsp3) is 0. The van der Waals surface area contributed by atoms with Gasteiger partial charge in [-0.25, -0.2) is 0 Å². The van der Waals surface area contributed by atoms with Crippen molar-refractivity contribution >= 4 is 16.3 Å². The van der Waals surface area contributed by atoms with Gasteiger partial charge in [0.15, 0.2) is 0 Å². The Bertz CT molecular complexity index is 304. The van der Waals surface area contributed by atoms with Crippen LogP contribution in [0, 0.1) is 0 Å². The van der Waals surface area contributed by atoms with Crippen LogP contribution in [0.2, 0.25) is 0 Å². The zero-order chi connectivity index (χ0) is 8.23. The SMILES string of the molecule is C1=CC=CN(c2cccs2)C=C1. The van der Waals surface area contributed by atoms with Crippen molar-refractivity contribution < 1.29 is 0 Å². The summed E-state index contributed by atoms with van der Waals surface area (Å²) in [5, 5.41) is 3.32. The molecule has 1 nitrogen and oxygen atoms in total. The number of nitrogens with zero attached hydrogens (tertiary/aromatic N) is 1. The Kier molecular flexibility index (Phi) is 2.10. The van der Waals surface area contributed by atoms with Crippen molar-refractivity contribution in [1.29, 1.82) is 0 Å². The molecule has 0 bridgehead atoms. The molecule has 1 aliphatic heterocycles. The third kappa shape index (κ3) is 1.48. The molecule has 0 fully saturated rings. The van der Waals surface area contributed by atoms with Crippen LogP contribution in [0.15, 0.2) is 54.2 Å². The first-order valence-corrected chi connectivity index (χ1v) is 4.68. The molecule has 1 aliphatic rings. The molecule has 0 saturated carbocycles. The van der Waals surface area contributed by atoms with Gasteiger partial charge in [0.05, 0.1) is 5.00 Å². The summed E-state index contributed by atoms with van der Waals surface area (Å²) in [6.45, 7) is 0. The summed E-state index contributed by atoms with van der Waals surface area (Å²) in [4.78, 5) is 2.10. The van der Waals surface area contributed by atoms with Crippen LogP contribution < -0.4 is 4.90 Å². The van der Waals surface area contributed by atoms with Gasteiger partial charge in [0.2, 0.25) is 0 Å². The lowest BCUT2D eigenvalue weighted by atomic mass is 10.5. The molecule has 0 saturated heterocycles. The van der Waals surface area contributed by atoms with Crippen molar-refractivity contribution in [3.05, 3.63) is 54.2 Å². The first kappa shape index (κ1) is 7.37. The standard InChI is InChI=1S/C10H9NS/c1-2-4-8-11(7-3-1)10-6-5-9-12-10/h1-9H. The highest BCUT2D eigenvalue weighted by Gasteiger charge is 1.98. The summed E-state index contributed by atoms with van der Waals surface area (Å²) in [6.07, 6.45) is 12.2. The largest absolute Gasteiger partial charge is 0.316 e. The molecule has 0 atom stereocenters. The summed E-state index contributed by atoms with van der Waals surface area (Å²) < 4.78 is 0. The maximum atomic E-state index is 2.10. The average Bonchev–Trinajstić information content (AvgIpc) is 2.48. The molecule has 0 amide bonds. The monoisotopic (exact) mass is 175 g/mol. The van der Waals surface area contributed by atoms with Gasteiger partial charge in [0, 0.05) is 12.4 Å². The second-order valence-corrected chi connectivity index (χ2v) is 3.35. The van der Waals surface area contributed by atoms with Crippen LogP contribution in [0.5, 0.6) is 0 Å². The van der Waals surface area contributed by atoms with E-state index in [0.717, 1.165) is 0 Å². The van der Waals surface area contributed by atoms with E-state index in [-0.39, 0.29) is 0 Å². The second-order valence-electron chi connectivity index (χ2n) is 2.43. The predicted octanol–water partition coefficient (Wildman–Crippen LogP) is 3.15. The van der Waals surface area contributed by atoms with Gasteiger partial charge in [-0.2, -0.15) is 0 Å². The molecule has 0 radical (unpaired) electrons.